The minimum absolute atomic E-state index is 0.445. The van der Waals surface area contributed by atoms with Gasteiger partial charge in [0.25, 0.3) is 0 Å². The van der Waals surface area contributed by atoms with Gasteiger partial charge < -0.3 is 10.4 Å². The van der Waals surface area contributed by atoms with Crippen molar-refractivity contribution in [2.24, 2.45) is 11.3 Å². The van der Waals surface area contributed by atoms with Crippen LogP contribution < -0.4 is 5.32 Å². The van der Waals surface area contributed by atoms with Crippen molar-refractivity contribution in [3.63, 3.8) is 0 Å². The summed E-state index contributed by atoms with van der Waals surface area (Å²) in [4.78, 5) is 11.7. The Labute approximate surface area is 125 Å². The number of nitrogens with zero attached hydrogens (tertiary/aromatic N) is 1. The lowest BCUT2D eigenvalue weighted by atomic mass is 9.71. The van der Waals surface area contributed by atoms with Gasteiger partial charge in [-0.3, -0.25) is 4.79 Å². The molecular weight excluding hydrogens is 264 g/mol. The molecule has 1 aliphatic carbocycles. The molecule has 2 N–H and O–H groups in total. The SMILES string of the molecule is Cc1cc(NCC2(C(=O)O)CCC(C)CC2)ccc1C#N. The number of aliphatic carboxylic acids is 1. The van der Waals surface area contributed by atoms with Crippen LogP contribution >= 0.6 is 0 Å². The van der Waals surface area contributed by atoms with Crippen molar-refractivity contribution in [2.45, 2.75) is 39.5 Å². The summed E-state index contributed by atoms with van der Waals surface area (Å²) in [5, 5.41) is 21.8. The standard InChI is InChI=1S/C17H22N2O2/c1-12-5-7-17(8-6-12,16(20)21)11-19-15-4-3-14(10-18)13(2)9-15/h3-4,9,12,19H,5-8,11H2,1-2H3,(H,20,21). The van der Waals surface area contributed by atoms with Gasteiger partial charge in [-0.25, -0.2) is 0 Å². The quantitative estimate of drug-likeness (QED) is 0.887. The molecule has 2 rings (SSSR count). The molecule has 1 aliphatic rings. The number of rotatable bonds is 4. The molecule has 0 aromatic heterocycles. The number of hydrogen-bond acceptors (Lipinski definition) is 3. The van der Waals surface area contributed by atoms with Crippen LogP contribution in [0.15, 0.2) is 18.2 Å². The summed E-state index contributed by atoms with van der Waals surface area (Å²) < 4.78 is 0. The summed E-state index contributed by atoms with van der Waals surface area (Å²) >= 11 is 0. The predicted molar refractivity (Wildman–Crippen MR) is 82.1 cm³/mol. The lowest BCUT2D eigenvalue weighted by Gasteiger charge is -2.36. The molecule has 0 aliphatic heterocycles. The van der Waals surface area contributed by atoms with Crippen molar-refractivity contribution in [1.82, 2.24) is 0 Å². The average molecular weight is 286 g/mol. The molecule has 0 spiro atoms. The smallest absolute Gasteiger partial charge is 0.311 e. The maximum Gasteiger partial charge on any atom is 0.311 e. The molecule has 0 saturated heterocycles. The maximum atomic E-state index is 11.7. The Morgan fingerprint density at radius 2 is 2.14 bits per heavy atom. The van der Waals surface area contributed by atoms with Crippen molar-refractivity contribution in [3.05, 3.63) is 29.3 Å². The molecule has 1 aromatic carbocycles. The molecule has 1 saturated carbocycles. The zero-order chi connectivity index (χ0) is 15.5. The van der Waals surface area contributed by atoms with Gasteiger partial charge in [-0.2, -0.15) is 5.26 Å². The van der Waals surface area contributed by atoms with E-state index in [-0.39, 0.29) is 0 Å². The van der Waals surface area contributed by atoms with E-state index in [1.54, 1.807) is 6.07 Å². The van der Waals surface area contributed by atoms with E-state index in [1.165, 1.54) is 0 Å². The van der Waals surface area contributed by atoms with E-state index >= 15 is 0 Å². The monoisotopic (exact) mass is 286 g/mol. The summed E-state index contributed by atoms with van der Waals surface area (Å²) in [7, 11) is 0. The van der Waals surface area contributed by atoms with Crippen LogP contribution in [-0.2, 0) is 4.79 Å². The van der Waals surface area contributed by atoms with Gasteiger partial charge >= 0.3 is 5.97 Å². The third kappa shape index (κ3) is 3.36. The van der Waals surface area contributed by atoms with Gasteiger partial charge in [0.15, 0.2) is 0 Å². The summed E-state index contributed by atoms with van der Waals surface area (Å²) in [5.41, 5.74) is 1.78. The van der Waals surface area contributed by atoms with Gasteiger partial charge in [-0.05, 0) is 62.3 Å². The van der Waals surface area contributed by atoms with E-state index in [1.807, 2.05) is 19.1 Å². The summed E-state index contributed by atoms with van der Waals surface area (Å²) in [5.74, 6) is -0.0816. The minimum atomic E-state index is -0.702. The van der Waals surface area contributed by atoms with E-state index in [0.717, 1.165) is 36.9 Å². The molecule has 4 nitrogen and oxygen atoms in total. The molecule has 0 heterocycles. The molecule has 0 atom stereocenters. The maximum absolute atomic E-state index is 11.7. The number of nitriles is 1. The number of benzene rings is 1. The molecule has 112 valence electrons. The fourth-order valence-electron chi connectivity index (χ4n) is 2.95. The highest BCUT2D eigenvalue weighted by atomic mass is 16.4. The Morgan fingerprint density at radius 3 is 2.67 bits per heavy atom. The van der Waals surface area contributed by atoms with Gasteiger partial charge in [0.2, 0.25) is 0 Å². The van der Waals surface area contributed by atoms with Gasteiger partial charge in [0, 0.05) is 12.2 Å². The molecule has 1 fully saturated rings. The third-order valence-electron chi connectivity index (χ3n) is 4.66. The van der Waals surface area contributed by atoms with E-state index in [4.69, 9.17) is 5.26 Å². The normalized spacial score (nSPS) is 25.1. The van der Waals surface area contributed by atoms with E-state index in [2.05, 4.69) is 18.3 Å². The Balaban J connectivity index is 2.08. The number of anilines is 1. The van der Waals surface area contributed by atoms with Crippen molar-refractivity contribution in [3.8, 4) is 6.07 Å². The van der Waals surface area contributed by atoms with Gasteiger partial charge in [0.1, 0.15) is 0 Å². The first-order valence-corrected chi connectivity index (χ1v) is 7.45. The second-order valence-electron chi connectivity index (χ2n) is 6.26. The van der Waals surface area contributed by atoms with Crippen LogP contribution in [0.25, 0.3) is 0 Å². The van der Waals surface area contributed by atoms with Crippen LogP contribution in [0.4, 0.5) is 5.69 Å². The van der Waals surface area contributed by atoms with E-state index in [0.29, 0.717) is 18.0 Å². The van der Waals surface area contributed by atoms with Crippen LogP contribution in [0.5, 0.6) is 0 Å². The minimum Gasteiger partial charge on any atom is -0.481 e. The molecule has 0 unspecified atom stereocenters. The molecular formula is C17H22N2O2. The lowest BCUT2D eigenvalue weighted by molar-refractivity contribution is -0.150. The molecule has 21 heavy (non-hydrogen) atoms. The summed E-state index contributed by atoms with van der Waals surface area (Å²) in [6.45, 7) is 4.52. The van der Waals surface area contributed by atoms with Crippen molar-refractivity contribution >= 4 is 11.7 Å². The molecule has 1 aromatic rings. The van der Waals surface area contributed by atoms with Crippen molar-refractivity contribution in [1.29, 1.82) is 5.26 Å². The van der Waals surface area contributed by atoms with Crippen LogP contribution in [0.3, 0.4) is 0 Å². The fourth-order valence-corrected chi connectivity index (χ4v) is 2.95. The number of carboxylic acids is 1. The number of hydrogen-bond donors (Lipinski definition) is 2. The van der Waals surface area contributed by atoms with Crippen molar-refractivity contribution < 1.29 is 9.90 Å². The first-order valence-electron chi connectivity index (χ1n) is 7.45. The highest BCUT2D eigenvalue weighted by molar-refractivity contribution is 5.75. The highest BCUT2D eigenvalue weighted by Gasteiger charge is 2.40. The third-order valence-corrected chi connectivity index (χ3v) is 4.66. The first kappa shape index (κ1) is 15.4. The predicted octanol–water partition coefficient (Wildman–Crippen LogP) is 3.56. The Bertz CT molecular complexity index is 567. The number of aryl methyl sites for hydroxylation is 1. The second-order valence-corrected chi connectivity index (χ2v) is 6.26. The van der Waals surface area contributed by atoms with E-state index in [9.17, 15) is 9.90 Å². The lowest BCUT2D eigenvalue weighted by Crippen LogP contribution is -2.41. The number of nitrogens with one attached hydrogen (secondary N) is 1. The van der Waals surface area contributed by atoms with Crippen LogP contribution in [0.2, 0.25) is 0 Å². The van der Waals surface area contributed by atoms with Crippen molar-refractivity contribution in [2.75, 3.05) is 11.9 Å². The number of carbonyl (C=O) groups is 1. The van der Waals surface area contributed by atoms with Gasteiger partial charge in [0.05, 0.1) is 17.0 Å². The summed E-state index contributed by atoms with van der Waals surface area (Å²) in [6.07, 6.45) is 3.40. The summed E-state index contributed by atoms with van der Waals surface area (Å²) in [6, 6.07) is 7.65. The van der Waals surface area contributed by atoms with Crippen LogP contribution in [0, 0.1) is 29.6 Å². The van der Waals surface area contributed by atoms with Crippen LogP contribution in [0.1, 0.15) is 43.7 Å². The Kier molecular flexibility index (Phi) is 4.52. The van der Waals surface area contributed by atoms with E-state index < -0.39 is 11.4 Å². The molecule has 0 bridgehead atoms. The van der Waals surface area contributed by atoms with Crippen LogP contribution in [-0.4, -0.2) is 17.6 Å². The largest absolute Gasteiger partial charge is 0.481 e. The second kappa shape index (κ2) is 6.17. The number of carboxylic acid groups (broad SMARTS) is 1. The fraction of sp³-hybridized carbons (Fsp3) is 0.529. The topological polar surface area (TPSA) is 73.1 Å². The van der Waals surface area contributed by atoms with Gasteiger partial charge in [-0.15, -0.1) is 0 Å². The zero-order valence-electron chi connectivity index (χ0n) is 12.6. The molecule has 0 radical (unpaired) electrons. The molecule has 4 heteroatoms. The Hall–Kier alpha value is -2.02. The van der Waals surface area contributed by atoms with Gasteiger partial charge in [-0.1, -0.05) is 6.92 Å². The Morgan fingerprint density at radius 1 is 1.48 bits per heavy atom. The highest BCUT2D eigenvalue weighted by Crippen LogP contribution is 2.39. The molecule has 0 amide bonds. The average Bonchev–Trinajstić information content (AvgIpc) is 2.47. The zero-order valence-corrected chi connectivity index (χ0v) is 12.6. The first-order chi connectivity index (χ1) is 9.97.